The highest BCUT2D eigenvalue weighted by molar-refractivity contribution is 6.32. The first kappa shape index (κ1) is 6.84. The highest BCUT2D eigenvalue weighted by atomic mass is 35.5. The van der Waals surface area contributed by atoms with Crippen molar-refractivity contribution in [3.63, 3.8) is 0 Å². The first-order chi connectivity index (χ1) is 4.18. The van der Waals surface area contributed by atoms with E-state index in [9.17, 15) is 0 Å². The fourth-order valence-corrected chi connectivity index (χ4v) is 1.02. The topological polar surface area (TPSA) is 12.9 Å². The molecule has 0 aliphatic rings. The molecular weight excluding hydrogens is 157 g/mol. The molecule has 0 amide bonds. The third-order valence-corrected chi connectivity index (χ3v) is 1.21. The van der Waals surface area contributed by atoms with Gasteiger partial charge in [0.15, 0.2) is 0 Å². The maximum atomic E-state index is 5.51. The Bertz CT molecular complexity index is 172. The molecule has 0 saturated heterocycles. The van der Waals surface area contributed by atoms with Crippen molar-refractivity contribution in [2.45, 2.75) is 0 Å². The molecule has 0 spiro atoms. The van der Waals surface area contributed by atoms with E-state index in [2.05, 4.69) is 11.9 Å². The molecule has 0 aromatic carbocycles. The summed E-state index contributed by atoms with van der Waals surface area (Å²) in [7, 11) is 0. The van der Waals surface area contributed by atoms with E-state index in [1.165, 1.54) is 0 Å². The van der Waals surface area contributed by atoms with Gasteiger partial charge in [0.25, 0.3) is 0 Å². The first-order valence-electron chi connectivity index (χ1n) is 2.33. The third-order valence-electron chi connectivity index (χ3n) is 0.823. The summed E-state index contributed by atoms with van der Waals surface area (Å²) in [5, 5.41) is 0.764. The minimum absolute atomic E-state index is 0.382. The summed E-state index contributed by atoms with van der Waals surface area (Å²) in [4.78, 5) is 3.73. The Morgan fingerprint density at radius 1 is 1.22 bits per heavy atom. The van der Waals surface area contributed by atoms with Crippen LogP contribution in [0.3, 0.4) is 0 Å². The van der Waals surface area contributed by atoms with E-state index in [0.29, 0.717) is 10.3 Å². The van der Waals surface area contributed by atoms with Gasteiger partial charge < -0.3 is 0 Å². The lowest BCUT2D eigenvalue weighted by Gasteiger charge is -1.92. The standard InChI is InChI=1S/C6H4Cl2N/c1-4-2-5(7)9-6(8)3-4/h2-3H,1H2. The molecule has 0 fully saturated rings. The van der Waals surface area contributed by atoms with Crippen LogP contribution in [-0.4, -0.2) is 4.98 Å². The maximum Gasteiger partial charge on any atom is 0.131 e. The molecule has 0 atom stereocenters. The molecule has 0 bridgehead atoms. The van der Waals surface area contributed by atoms with Crippen LogP contribution < -0.4 is 0 Å². The van der Waals surface area contributed by atoms with E-state index >= 15 is 0 Å². The summed E-state index contributed by atoms with van der Waals surface area (Å²) in [6.07, 6.45) is 0. The molecule has 0 unspecified atom stereocenters. The van der Waals surface area contributed by atoms with Gasteiger partial charge in [-0.1, -0.05) is 23.2 Å². The fraction of sp³-hybridized carbons (Fsp3) is 0. The van der Waals surface area contributed by atoms with Crippen LogP contribution in [0.2, 0.25) is 10.3 Å². The lowest BCUT2D eigenvalue weighted by molar-refractivity contribution is 1.31. The Morgan fingerprint density at radius 2 is 1.67 bits per heavy atom. The van der Waals surface area contributed by atoms with E-state index in [0.717, 1.165) is 5.56 Å². The van der Waals surface area contributed by atoms with Crippen LogP contribution in [0.4, 0.5) is 0 Å². The van der Waals surface area contributed by atoms with Gasteiger partial charge in [-0.15, -0.1) is 0 Å². The quantitative estimate of drug-likeness (QED) is 0.532. The van der Waals surface area contributed by atoms with E-state index in [-0.39, 0.29) is 0 Å². The van der Waals surface area contributed by atoms with Crippen LogP contribution in [-0.2, 0) is 0 Å². The first-order valence-corrected chi connectivity index (χ1v) is 3.09. The highest BCUT2D eigenvalue weighted by Crippen LogP contribution is 2.12. The Kier molecular flexibility index (Phi) is 1.94. The van der Waals surface area contributed by atoms with Gasteiger partial charge in [0.1, 0.15) is 10.3 Å². The Labute approximate surface area is 63.6 Å². The summed E-state index contributed by atoms with van der Waals surface area (Å²) in [5.74, 6) is 0. The van der Waals surface area contributed by atoms with Crippen LogP contribution in [0, 0.1) is 6.92 Å². The zero-order chi connectivity index (χ0) is 6.85. The molecule has 3 heteroatoms. The largest absolute Gasteiger partial charge is 0.224 e. The van der Waals surface area contributed by atoms with Crippen LogP contribution in [0.25, 0.3) is 0 Å². The normalized spacial score (nSPS) is 9.67. The van der Waals surface area contributed by atoms with Crippen LogP contribution >= 0.6 is 23.2 Å². The van der Waals surface area contributed by atoms with Gasteiger partial charge in [-0.25, -0.2) is 4.98 Å². The molecule has 0 aliphatic carbocycles. The second-order valence-electron chi connectivity index (χ2n) is 1.62. The van der Waals surface area contributed by atoms with Gasteiger partial charge in [0.05, 0.1) is 0 Å². The number of hydrogen-bond donors (Lipinski definition) is 0. The Balaban J connectivity index is 3.17. The summed E-state index contributed by atoms with van der Waals surface area (Å²) >= 11 is 11.0. The second kappa shape index (κ2) is 2.54. The van der Waals surface area contributed by atoms with Gasteiger partial charge in [-0.05, 0) is 24.6 Å². The molecule has 1 heterocycles. The van der Waals surface area contributed by atoms with E-state index < -0.39 is 0 Å². The van der Waals surface area contributed by atoms with Crippen molar-refractivity contribution < 1.29 is 0 Å². The van der Waals surface area contributed by atoms with Crippen molar-refractivity contribution in [3.8, 4) is 0 Å². The van der Waals surface area contributed by atoms with Crippen molar-refractivity contribution in [1.82, 2.24) is 4.98 Å². The summed E-state index contributed by atoms with van der Waals surface area (Å²) in [5.41, 5.74) is 0.778. The maximum absolute atomic E-state index is 5.51. The van der Waals surface area contributed by atoms with Crippen molar-refractivity contribution in [1.29, 1.82) is 0 Å². The molecule has 0 N–H and O–H groups in total. The number of pyridine rings is 1. The van der Waals surface area contributed by atoms with Crippen LogP contribution in [0.5, 0.6) is 0 Å². The number of hydrogen-bond acceptors (Lipinski definition) is 1. The van der Waals surface area contributed by atoms with Gasteiger partial charge in [0.2, 0.25) is 0 Å². The van der Waals surface area contributed by atoms with E-state index in [1.54, 1.807) is 12.1 Å². The monoisotopic (exact) mass is 160 g/mol. The number of aromatic nitrogens is 1. The highest BCUT2D eigenvalue weighted by Gasteiger charge is 1.92. The molecule has 0 aliphatic heterocycles. The molecule has 0 saturated carbocycles. The molecule has 9 heavy (non-hydrogen) atoms. The van der Waals surface area contributed by atoms with Gasteiger partial charge in [-0.3, -0.25) is 0 Å². The molecule has 1 nitrogen and oxygen atoms in total. The minimum Gasteiger partial charge on any atom is -0.224 e. The van der Waals surface area contributed by atoms with Crippen molar-refractivity contribution in [3.05, 3.63) is 34.9 Å². The van der Waals surface area contributed by atoms with Crippen molar-refractivity contribution in [2.75, 3.05) is 0 Å². The van der Waals surface area contributed by atoms with Gasteiger partial charge in [0, 0.05) is 0 Å². The molecule has 1 radical (unpaired) electrons. The predicted molar refractivity (Wildman–Crippen MR) is 38.7 cm³/mol. The fourth-order valence-electron chi connectivity index (χ4n) is 0.514. The van der Waals surface area contributed by atoms with Gasteiger partial charge >= 0.3 is 0 Å². The molecule has 1 aromatic heterocycles. The minimum atomic E-state index is 0.382. The number of halogens is 2. The molecule has 47 valence electrons. The lowest BCUT2D eigenvalue weighted by atomic mass is 10.3. The van der Waals surface area contributed by atoms with E-state index in [1.807, 2.05) is 0 Å². The molecule has 1 rings (SSSR count). The van der Waals surface area contributed by atoms with E-state index in [4.69, 9.17) is 23.2 Å². The zero-order valence-electron chi connectivity index (χ0n) is 4.56. The van der Waals surface area contributed by atoms with Crippen LogP contribution in [0.1, 0.15) is 5.56 Å². The molecule has 1 aromatic rings. The lowest BCUT2D eigenvalue weighted by Crippen LogP contribution is -1.77. The average Bonchev–Trinajstić information content (AvgIpc) is 1.59. The van der Waals surface area contributed by atoms with Crippen molar-refractivity contribution >= 4 is 23.2 Å². The second-order valence-corrected chi connectivity index (χ2v) is 2.40. The smallest absolute Gasteiger partial charge is 0.131 e. The third kappa shape index (κ3) is 1.84. The zero-order valence-corrected chi connectivity index (χ0v) is 6.08. The Hall–Kier alpha value is -0.270. The SMILES string of the molecule is [CH2]c1cc(Cl)nc(Cl)c1. The Morgan fingerprint density at radius 3 is 2.00 bits per heavy atom. The number of nitrogens with zero attached hydrogens (tertiary/aromatic N) is 1. The van der Waals surface area contributed by atoms with Crippen LogP contribution in [0.15, 0.2) is 12.1 Å². The van der Waals surface area contributed by atoms with Crippen molar-refractivity contribution in [2.24, 2.45) is 0 Å². The summed E-state index contributed by atoms with van der Waals surface area (Å²) in [6.45, 7) is 3.63. The average molecular weight is 161 g/mol. The summed E-state index contributed by atoms with van der Waals surface area (Å²) in [6, 6.07) is 3.29. The summed E-state index contributed by atoms with van der Waals surface area (Å²) < 4.78 is 0. The predicted octanol–water partition coefficient (Wildman–Crippen LogP) is 2.57. The number of rotatable bonds is 0. The van der Waals surface area contributed by atoms with Gasteiger partial charge in [-0.2, -0.15) is 0 Å². The molecular formula is C6H4Cl2N.